The molecule has 29 heavy (non-hydrogen) atoms. The molecule has 0 amide bonds. The monoisotopic (exact) mass is 384 g/mol. The molecule has 1 aliphatic rings. The second kappa shape index (κ2) is 9.76. The predicted molar refractivity (Wildman–Crippen MR) is 125 cm³/mol. The average Bonchev–Trinajstić information content (AvgIpc) is 2.80. The molecule has 2 heteroatoms. The van der Waals surface area contributed by atoms with Crippen molar-refractivity contribution in [2.75, 3.05) is 11.9 Å². The molecule has 3 aromatic carbocycles. The number of rotatable bonds is 7. The number of hydrogen-bond acceptors (Lipinski definition) is 2. The smallest absolute Gasteiger partial charge is 0.0417 e. The molecule has 2 nitrogen and oxygen atoms in total. The van der Waals surface area contributed by atoms with Crippen LogP contribution in [0, 0.1) is 0 Å². The number of benzene rings is 3. The van der Waals surface area contributed by atoms with Crippen molar-refractivity contribution < 1.29 is 0 Å². The van der Waals surface area contributed by atoms with E-state index < -0.39 is 0 Å². The largest absolute Gasteiger partial charge is 0.355 e. The van der Waals surface area contributed by atoms with Crippen LogP contribution in [0.2, 0.25) is 0 Å². The Labute approximate surface area is 175 Å². The number of para-hydroxylation sites is 1. The van der Waals surface area contributed by atoms with Crippen LogP contribution >= 0.6 is 0 Å². The lowest BCUT2D eigenvalue weighted by Gasteiger charge is -2.22. The molecular weight excluding hydrogens is 352 g/mol. The van der Waals surface area contributed by atoms with E-state index in [0.717, 1.165) is 24.4 Å². The van der Waals surface area contributed by atoms with Gasteiger partial charge in [-0.05, 0) is 84.7 Å². The van der Waals surface area contributed by atoms with Gasteiger partial charge in [-0.2, -0.15) is 0 Å². The second-order valence-corrected chi connectivity index (χ2v) is 8.21. The molecule has 0 radical (unpaired) electrons. The van der Waals surface area contributed by atoms with Crippen molar-refractivity contribution in [2.45, 2.75) is 50.9 Å². The Hall–Kier alpha value is -2.58. The van der Waals surface area contributed by atoms with E-state index in [1.165, 1.54) is 60.0 Å². The van der Waals surface area contributed by atoms with Crippen molar-refractivity contribution in [2.24, 2.45) is 5.73 Å². The van der Waals surface area contributed by atoms with Crippen LogP contribution in [0.1, 0.15) is 55.6 Å². The van der Waals surface area contributed by atoms with Gasteiger partial charge in [0.05, 0.1) is 0 Å². The SMILES string of the molecule is NCCCc1cc(-c2ccc(C3CCCCC3)cc2)ccc1Nc1ccccc1. The average molecular weight is 385 g/mol. The molecule has 150 valence electrons. The predicted octanol–water partition coefficient (Wildman–Crippen LogP) is 7.04. The highest BCUT2D eigenvalue weighted by molar-refractivity contribution is 5.71. The van der Waals surface area contributed by atoms with Gasteiger partial charge in [0.1, 0.15) is 0 Å². The molecule has 4 rings (SSSR count). The minimum absolute atomic E-state index is 0.713. The van der Waals surface area contributed by atoms with Crippen molar-refractivity contribution in [3.63, 3.8) is 0 Å². The molecule has 0 heterocycles. The highest BCUT2D eigenvalue weighted by Gasteiger charge is 2.15. The van der Waals surface area contributed by atoms with Gasteiger partial charge in [0.15, 0.2) is 0 Å². The lowest BCUT2D eigenvalue weighted by Crippen LogP contribution is -2.04. The van der Waals surface area contributed by atoms with Gasteiger partial charge >= 0.3 is 0 Å². The molecule has 1 fully saturated rings. The van der Waals surface area contributed by atoms with E-state index in [-0.39, 0.29) is 0 Å². The Kier molecular flexibility index (Phi) is 6.63. The summed E-state index contributed by atoms with van der Waals surface area (Å²) in [5, 5.41) is 3.57. The van der Waals surface area contributed by atoms with Crippen LogP contribution < -0.4 is 11.1 Å². The molecule has 0 unspecified atom stereocenters. The Balaban J connectivity index is 1.56. The van der Waals surface area contributed by atoms with E-state index >= 15 is 0 Å². The summed E-state index contributed by atoms with van der Waals surface area (Å²) in [5.74, 6) is 0.760. The first kappa shape index (κ1) is 19.7. The van der Waals surface area contributed by atoms with Crippen LogP contribution in [0.25, 0.3) is 11.1 Å². The molecule has 1 aliphatic carbocycles. The van der Waals surface area contributed by atoms with Crippen molar-refractivity contribution >= 4 is 11.4 Å². The van der Waals surface area contributed by atoms with Gasteiger partial charge in [-0.25, -0.2) is 0 Å². The minimum Gasteiger partial charge on any atom is -0.355 e. The van der Waals surface area contributed by atoms with Gasteiger partial charge < -0.3 is 11.1 Å². The second-order valence-electron chi connectivity index (χ2n) is 8.21. The number of hydrogen-bond donors (Lipinski definition) is 2. The standard InChI is InChI=1S/C27H32N2/c28-19-7-10-25-20-24(17-18-27(25)29-26-11-5-2-6-12-26)23-15-13-22(14-16-23)21-8-3-1-4-9-21/h2,5-6,11-18,20-21,29H,1,3-4,7-10,19,28H2. The summed E-state index contributed by atoms with van der Waals surface area (Å²) in [4.78, 5) is 0. The van der Waals surface area contributed by atoms with Gasteiger partial charge in [0.25, 0.3) is 0 Å². The summed E-state index contributed by atoms with van der Waals surface area (Å²) < 4.78 is 0. The fourth-order valence-electron chi connectivity index (χ4n) is 4.46. The number of aryl methyl sites for hydroxylation is 1. The molecule has 0 aliphatic heterocycles. The molecule has 3 aromatic rings. The van der Waals surface area contributed by atoms with Gasteiger partial charge in [-0.15, -0.1) is 0 Å². The Bertz CT molecular complexity index is 894. The topological polar surface area (TPSA) is 38.0 Å². The van der Waals surface area contributed by atoms with Gasteiger partial charge in [-0.1, -0.05) is 67.8 Å². The molecule has 0 atom stereocenters. The van der Waals surface area contributed by atoms with Crippen molar-refractivity contribution in [1.29, 1.82) is 0 Å². The molecule has 3 N–H and O–H groups in total. The van der Waals surface area contributed by atoms with E-state index in [1.807, 2.05) is 6.07 Å². The maximum Gasteiger partial charge on any atom is 0.0417 e. The number of nitrogens with two attached hydrogens (primary N) is 1. The summed E-state index contributed by atoms with van der Waals surface area (Å²) in [7, 11) is 0. The van der Waals surface area contributed by atoms with Crippen LogP contribution in [0.4, 0.5) is 11.4 Å². The van der Waals surface area contributed by atoms with Crippen molar-refractivity contribution in [1.82, 2.24) is 0 Å². The molecule has 0 aromatic heterocycles. The third kappa shape index (κ3) is 5.07. The molecular formula is C27H32N2. The molecule has 0 bridgehead atoms. The summed E-state index contributed by atoms with van der Waals surface area (Å²) in [6, 6.07) is 26.4. The summed E-state index contributed by atoms with van der Waals surface area (Å²) in [6.45, 7) is 0.713. The van der Waals surface area contributed by atoms with Crippen LogP contribution in [-0.4, -0.2) is 6.54 Å². The summed E-state index contributed by atoms with van der Waals surface area (Å²) >= 11 is 0. The third-order valence-corrected chi connectivity index (χ3v) is 6.13. The fraction of sp³-hybridized carbons (Fsp3) is 0.333. The lowest BCUT2D eigenvalue weighted by atomic mass is 9.83. The fourth-order valence-corrected chi connectivity index (χ4v) is 4.46. The van der Waals surface area contributed by atoms with Gasteiger partial charge in [0.2, 0.25) is 0 Å². The minimum atomic E-state index is 0.713. The first-order chi connectivity index (χ1) is 14.3. The van der Waals surface area contributed by atoms with Crippen molar-refractivity contribution in [3.8, 4) is 11.1 Å². The highest BCUT2D eigenvalue weighted by Crippen LogP contribution is 2.34. The van der Waals surface area contributed by atoms with E-state index in [2.05, 4.69) is 72.0 Å². The third-order valence-electron chi connectivity index (χ3n) is 6.13. The van der Waals surface area contributed by atoms with Gasteiger partial charge in [0, 0.05) is 11.4 Å². The maximum atomic E-state index is 5.80. The first-order valence-corrected chi connectivity index (χ1v) is 11.1. The zero-order valence-corrected chi connectivity index (χ0v) is 17.2. The Morgan fingerprint density at radius 2 is 1.52 bits per heavy atom. The molecule has 0 saturated heterocycles. The lowest BCUT2D eigenvalue weighted by molar-refractivity contribution is 0.443. The zero-order valence-electron chi connectivity index (χ0n) is 17.2. The Morgan fingerprint density at radius 3 is 2.24 bits per heavy atom. The summed E-state index contributed by atoms with van der Waals surface area (Å²) in [5.41, 5.74) is 13.5. The van der Waals surface area contributed by atoms with E-state index in [1.54, 1.807) is 0 Å². The van der Waals surface area contributed by atoms with E-state index in [0.29, 0.717) is 6.54 Å². The maximum absolute atomic E-state index is 5.80. The van der Waals surface area contributed by atoms with Crippen LogP contribution in [-0.2, 0) is 6.42 Å². The van der Waals surface area contributed by atoms with Gasteiger partial charge in [-0.3, -0.25) is 0 Å². The molecule has 1 saturated carbocycles. The summed E-state index contributed by atoms with van der Waals surface area (Å²) in [6.07, 6.45) is 8.85. The van der Waals surface area contributed by atoms with E-state index in [4.69, 9.17) is 5.73 Å². The van der Waals surface area contributed by atoms with Crippen LogP contribution in [0.5, 0.6) is 0 Å². The van der Waals surface area contributed by atoms with E-state index in [9.17, 15) is 0 Å². The zero-order chi connectivity index (χ0) is 19.9. The molecule has 0 spiro atoms. The quantitative estimate of drug-likeness (QED) is 0.458. The van der Waals surface area contributed by atoms with Crippen LogP contribution in [0.3, 0.4) is 0 Å². The number of nitrogens with one attached hydrogen (secondary N) is 1. The first-order valence-electron chi connectivity index (χ1n) is 11.1. The number of anilines is 2. The Morgan fingerprint density at radius 1 is 0.793 bits per heavy atom. The normalized spacial score (nSPS) is 14.7. The van der Waals surface area contributed by atoms with Crippen LogP contribution in [0.15, 0.2) is 72.8 Å². The highest BCUT2D eigenvalue weighted by atomic mass is 14.9. The van der Waals surface area contributed by atoms with Crippen molar-refractivity contribution in [3.05, 3.63) is 83.9 Å².